The second-order valence-electron chi connectivity index (χ2n) is 4.87. The van der Waals surface area contributed by atoms with E-state index in [1.54, 1.807) is 18.2 Å². The number of hydrogen-bond acceptors (Lipinski definition) is 2. The molecule has 5 heteroatoms. The van der Waals surface area contributed by atoms with Gasteiger partial charge in [0.1, 0.15) is 5.75 Å². The van der Waals surface area contributed by atoms with Crippen LogP contribution in [0.25, 0.3) is 0 Å². The summed E-state index contributed by atoms with van der Waals surface area (Å²) in [5, 5.41) is 3.48. The van der Waals surface area contributed by atoms with Crippen LogP contribution in [0.4, 0.5) is 5.69 Å². The van der Waals surface area contributed by atoms with Gasteiger partial charge in [-0.15, -0.1) is 0 Å². The number of hydrogen-bond donors (Lipinski definition) is 1. The maximum Gasteiger partial charge on any atom is 0.265 e. The van der Waals surface area contributed by atoms with Gasteiger partial charge in [0.15, 0.2) is 6.10 Å². The number of benzene rings is 2. The lowest BCUT2D eigenvalue weighted by atomic mass is 10.2. The normalized spacial score (nSPS) is 11.8. The van der Waals surface area contributed by atoms with E-state index in [-0.39, 0.29) is 5.91 Å². The van der Waals surface area contributed by atoms with Crippen LogP contribution in [0, 0.1) is 6.92 Å². The summed E-state index contributed by atoms with van der Waals surface area (Å²) in [6, 6.07) is 12.7. The molecule has 0 heterocycles. The molecule has 116 valence electrons. The highest BCUT2D eigenvalue weighted by atomic mass is 35.5. The summed E-state index contributed by atoms with van der Waals surface area (Å²) >= 11 is 12.0. The van der Waals surface area contributed by atoms with Gasteiger partial charge in [0.2, 0.25) is 0 Å². The quantitative estimate of drug-likeness (QED) is 0.824. The van der Waals surface area contributed by atoms with Gasteiger partial charge in [-0.1, -0.05) is 54.4 Å². The third kappa shape index (κ3) is 3.93. The molecule has 2 aromatic rings. The lowest BCUT2D eigenvalue weighted by Gasteiger charge is -2.19. The van der Waals surface area contributed by atoms with Gasteiger partial charge in [-0.25, -0.2) is 0 Å². The first kappa shape index (κ1) is 16.7. The Morgan fingerprint density at radius 1 is 1.18 bits per heavy atom. The molecule has 0 aliphatic rings. The van der Waals surface area contributed by atoms with E-state index in [2.05, 4.69) is 5.32 Å². The summed E-state index contributed by atoms with van der Waals surface area (Å²) in [7, 11) is 0. The molecule has 0 spiro atoms. The zero-order chi connectivity index (χ0) is 16.1. The monoisotopic (exact) mass is 337 g/mol. The number of para-hydroxylation sites is 1. The van der Waals surface area contributed by atoms with Crippen molar-refractivity contribution < 1.29 is 9.53 Å². The van der Waals surface area contributed by atoms with E-state index >= 15 is 0 Å². The van der Waals surface area contributed by atoms with E-state index in [1.807, 2.05) is 38.1 Å². The lowest BCUT2D eigenvalue weighted by molar-refractivity contribution is -0.122. The number of carbonyl (C=O) groups is 1. The molecule has 0 saturated heterocycles. The van der Waals surface area contributed by atoms with E-state index in [4.69, 9.17) is 27.9 Å². The van der Waals surface area contributed by atoms with Crippen molar-refractivity contribution in [1.29, 1.82) is 0 Å². The molecule has 0 fully saturated rings. The van der Waals surface area contributed by atoms with Gasteiger partial charge >= 0.3 is 0 Å². The second-order valence-corrected chi connectivity index (χ2v) is 5.66. The summed E-state index contributed by atoms with van der Waals surface area (Å²) in [4.78, 5) is 12.4. The van der Waals surface area contributed by atoms with Gasteiger partial charge in [-0.2, -0.15) is 0 Å². The Balaban J connectivity index is 2.12. The molecule has 1 atom stereocenters. The van der Waals surface area contributed by atoms with Crippen molar-refractivity contribution in [1.82, 2.24) is 0 Å². The maximum absolute atomic E-state index is 12.4. The molecular formula is C17H17Cl2NO2. The molecule has 0 bridgehead atoms. The van der Waals surface area contributed by atoms with Crippen LogP contribution in [0.3, 0.4) is 0 Å². The van der Waals surface area contributed by atoms with Gasteiger partial charge in [0.25, 0.3) is 5.91 Å². The molecule has 22 heavy (non-hydrogen) atoms. The number of anilines is 1. The number of rotatable bonds is 5. The molecule has 2 aromatic carbocycles. The Morgan fingerprint density at radius 2 is 1.91 bits per heavy atom. The van der Waals surface area contributed by atoms with Crippen LogP contribution in [0.1, 0.15) is 18.9 Å². The van der Waals surface area contributed by atoms with E-state index in [1.165, 1.54) is 0 Å². The van der Waals surface area contributed by atoms with Crippen LogP contribution in [0.2, 0.25) is 10.0 Å². The van der Waals surface area contributed by atoms with Gasteiger partial charge in [0, 0.05) is 0 Å². The smallest absolute Gasteiger partial charge is 0.265 e. The number of ether oxygens (including phenoxy) is 1. The summed E-state index contributed by atoms with van der Waals surface area (Å²) in [5.41, 5.74) is 1.46. The summed E-state index contributed by atoms with van der Waals surface area (Å²) in [6.07, 6.45) is -0.0608. The number of aryl methyl sites for hydroxylation is 1. The first-order valence-electron chi connectivity index (χ1n) is 7.00. The Bertz CT molecular complexity index is 673. The highest BCUT2D eigenvalue weighted by Crippen LogP contribution is 2.30. The minimum Gasteiger partial charge on any atom is -0.480 e. The number of carbonyl (C=O) groups excluding carboxylic acids is 1. The molecule has 2 rings (SSSR count). The molecule has 0 aromatic heterocycles. The van der Waals surface area contributed by atoms with E-state index in [0.29, 0.717) is 27.9 Å². The lowest BCUT2D eigenvalue weighted by Crippen LogP contribution is -2.32. The van der Waals surface area contributed by atoms with E-state index in [9.17, 15) is 4.79 Å². The molecular weight excluding hydrogens is 321 g/mol. The fourth-order valence-corrected chi connectivity index (χ4v) is 2.33. The highest BCUT2D eigenvalue weighted by Gasteiger charge is 2.20. The Kier molecular flexibility index (Phi) is 5.69. The highest BCUT2D eigenvalue weighted by molar-refractivity contribution is 6.44. The average Bonchev–Trinajstić information content (AvgIpc) is 2.51. The van der Waals surface area contributed by atoms with Gasteiger partial charge in [0.05, 0.1) is 15.7 Å². The zero-order valence-corrected chi connectivity index (χ0v) is 13.9. The second kappa shape index (κ2) is 7.52. The van der Waals surface area contributed by atoms with Crippen molar-refractivity contribution in [3.05, 3.63) is 58.1 Å². The summed E-state index contributed by atoms with van der Waals surface area (Å²) in [6.45, 7) is 3.83. The minimum absolute atomic E-state index is 0.255. The van der Waals surface area contributed by atoms with Crippen molar-refractivity contribution in [2.24, 2.45) is 0 Å². The molecule has 3 nitrogen and oxygen atoms in total. The van der Waals surface area contributed by atoms with Crippen LogP contribution < -0.4 is 10.1 Å². The topological polar surface area (TPSA) is 38.3 Å². The number of amides is 1. The van der Waals surface area contributed by atoms with Crippen LogP contribution in [-0.4, -0.2) is 12.0 Å². The van der Waals surface area contributed by atoms with Crippen molar-refractivity contribution >= 4 is 34.8 Å². The molecule has 0 saturated carbocycles. The van der Waals surface area contributed by atoms with Crippen LogP contribution in [0.15, 0.2) is 42.5 Å². The SMILES string of the molecule is CC[C@@H](Oc1ccccc1C)C(=O)Nc1cccc(Cl)c1Cl. The molecule has 0 aliphatic carbocycles. The van der Waals surface area contributed by atoms with Crippen LogP contribution in [-0.2, 0) is 4.79 Å². The standard InChI is InChI=1S/C17H17Cl2NO2/c1-3-14(22-15-10-5-4-7-11(15)2)17(21)20-13-9-6-8-12(18)16(13)19/h4-10,14H,3H2,1-2H3,(H,20,21)/t14-/m1/s1. The third-order valence-electron chi connectivity index (χ3n) is 3.24. The molecule has 0 aliphatic heterocycles. The number of nitrogens with one attached hydrogen (secondary N) is 1. The molecule has 0 radical (unpaired) electrons. The van der Waals surface area contributed by atoms with E-state index in [0.717, 1.165) is 5.56 Å². The average molecular weight is 338 g/mol. The van der Waals surface area contributed by atoms with Crippen molar-refractivity contribution in [2.45, 2.75) is 26.4 Å². The largest absolute Gasteiger partial charge is 0.480 e. The van der Waals surface area contributed by atoms with Crippen molar-refractivity contribution in [2.75, 3.05) is 5.32 Å². The summed E-state index contributed by atoms with van der Waals surface area (Å²) < 4.78 is 5.81. The maximum atomic E-state index is 12.4. The number of halogens is 2. The summed E-state index contributed by atoms with van der Waals surface area (Å²) in [5.74, 6) is 0.441. The first-order chi connectivity index (χ1) is 10.5. The Labute approximate surface area is 140 Å². The van der Waals surface area contributed by atoms with Gasteiger partial charge < -0.3 is 10.1 Å². The third-order valence-corrected chi connectivity index (χ3v) is 4.05. The predicted octanol–water partition coefficient (Wildman–Crippen LogP) is 5.10. The van der Waals surface area contributed by atoms with Crippen molar-refractivity contribution in [3.63, 3.8) is 0 Å². The van der Waals surface area contributed by atoms with Gasteiger partial charge in [-0.3, -0.25) is 4.79 Å². The van der Waals surface area contributed by atoms with Crippen molar-refractivity contribution in [3.8, 4) is 5.75 Å². The van der Waals surface area contributed by atoms with Gasteiger partial charge in [-0.05, 0) is 37.1 Å². The molecule has 0 unspecified atom stereocenters. The van der Waals surface area contributed by atoms with Crippen LogP contribution >= 0.6 is 23.2 Å². The Morgan fingerprint density at radius 3 is 2.59 bits per heavy atom. The van der Waals surface area contributed by atoms with E-state index < -0.39 is 6.10 Å². The molecule has 1 amide bonds. The van der Waals surface area contributed by atoms with Crippen LogP contribution in [0.5, 0.6) is 5.75 Å². The first-order valence-corrected chi connectivity index (χ1v) is 7.75. The zero-order valence-electron chi connectivity index (χ0n) is 12.4. The molecule has 1 N–H and O–H groups in total. The minimum atomic E-state index is -0.601. The fraction of sp³-hybridized carbons (Fsp3) is 0.235. The predicted molar refractivity (Wildman–Crippen MR) is 91.0 cm³/mol. The Hall–Kier alpha value is -1.71. The fourth-order valence-electron chi connectivity index (χ4n) is 1.98.